The van der Waals surface area contributed by atoms with Gasteiger partial charge in [-0.15, -0.1) is 0 Å². The van der Waals surface area contributed by atoms with Crippen LogP contribution in [0.3, 0.4) is 0 Å². The molecule has 0 saturated heterocycles. The van der Waals surface area contributed by atoms with E-state index < -0.39 is 15.4 Å². The molecule has 0 aliphatic carbocycles. The van der Waals surface area contributed by atoms with Crippen molar-refractivity contribution < 1.29 is 22.7 Å². The number of halogens is 1. The summed E-state index contributed by atoms with van der Waals surface area (Å²) in [5.74, 6) is 0.608. The van der Waals surface area contributed by atoms with Crippen LogP contribution < -0.4 is 19.5 Å². The van der Waals surface area contributed by atoms with E-state index in [4.69, 9.17) is 21.1 Å². The number of carbonyl (C=O) groups is 1. The molecule has 0 spiro atoms. The molecule has 7 nitrogen and oxygen atoms in total. The zero-order valence-corrected chi connectivity index (χ0v) is 16.6. The summed E-state index contributed by atoms with van der Waals surface area (Å²) in [5.41, 5.74) is 0.0917. The van der Waals surface area contributed by atoms with Gasteiger partial charge in [0, 0.05) is 6.07 Å². The lowest BCUT2D eigenvalue weighted by molar-refractivity contribution is -0.124. The van der Waals surface area contributed by atoms with E-state index in [1.54, 1.807) is 26.0 Å². The maximum Gasteiger partial charge on any atom is 0.261 e. The Morgan fingerprint density at radius 2 is 1.96 bits per heavy atom. The lowest BCUT2D eigenvalue weighted by Crippen LogP contribution is -2.33. The highest BCUT2D eigenvalue weighted by Crippen LogP contribution is 2.35. The number of amides is 1. The van der Waals surface area contributed by atoms with E-state index in [0.29, 0.717) is 22.9 Å². The molecule has 2 aromatic carbocycles. The summed E-state index contributed by atoms with van der Waals surface area (Å²) in [4.78, 5) is 12.2. The number of carbonyl (C=O) groups excluding carboxylic acids is 1. The Morgan fingerprint density at radius 3 is 2.63 bits per heavy atom. The van der Waals surface area contributed by atoms with E-state index in [9.17, 15) is 13.2 Å². The van der Waals surface area contributed by atoms with Gasteiger partial charge >= 0.3 is 0 Å². The zero-order valence-electron chi connectivity index (χ0n) is 15.0. The molecule has 2 N–H and O–H groups in total. The fourth-order valence-corrected chi connectivity index (χ4v) is 3.85. The molecule has 0 aromatic heterocycles. The van der Waals surface area contributed by atoms with Gasteiger partial charge in [0.2, 0.25) is 5.91 Å². The molecule has 27 heavy (non-hydrogen) atoms. The summed E-state index contributed by atoms with van der Waals surface area (Å²) in [6, 6.07) is 8.85. The SMILES string of the molecule is COc1ccc(S(=O)(=O)Nc2ccc3c(c2)OCC(C)(C)C(=O)N3)cc1Cl. The van der Waals surface area contributed by atoms with E-state index in [0.717, 1.165) is 0 Å². The third kappa shape index (κ3) is 3.96. The maximum absolute atomic E-state index is 12.6. The van der Waals surface area contributed by atoms with Crippen molar-refractivity contribution in [2.75, 3.05) is 23.8 Å². The summed E-state index contributed by atoms with van der Waals surface area (Å²) < 4.78 is 38.4. The van der Waals surface area contributed by atoms with Gasteiger partial charge in [-0.05, 0) is 44.2 Å². The zero-order chi connectivity index (χ0) is 19.8. The van der Waals surface area contributed by atoms with Gasteiger partial charge in [-0.25, -0.2) is 8.42 Å². The molecule has 0 bridgehead atoms. The molecule has 0 radical (unpaired) electrons. The van der Waals surface area contributed by atoms with Crippen LogP contribution in [0.1, 0.15) is 13.8 Å². The first kappa shape index (κ1) is 19.3. The van der Waals surface area contributed by atoms with Gasteiger partial charge in [0.1, 0.15) is 18.1 Å². The minimum Gasteiger partial charge on any atom is -0.495 e. The molecule has 144 valence electrons. The fraction of sp³-hybridized carbons (Fsp3) is 0.278. The number of rotatable bonds is 4. The molecular formula is C18H19ClN2O5S. The molecule has 1 aliphatic heterocycles. The number of benzene rings is 2. The monoisotopic (exact) mass is 410 g/mol. The highest BCUT2D eigenvalue weighted by atomic mass is 35.5. The Hall–Kier alpha value is -2.45. The normalized spacial score (nSPS) is 15.8. The van der Waals surface area contributed by atoms with Gasteiger partial charge in [0.25, 0.3) is 10.0 Å². The Balaban J connectivity index is 1.87. The largest absolute Gasteiger partial charge is 0.495 e. The highest BCUT2D eigenvalue weighted by molar-refractivity contribution is 7.92. The first-order chi connectivity index (χ1) is 12.6. The number of hydrogen-bond acceptors (Lipinski definition) is 5. The van der Waals surface area contributed by atoms with Crippen LogP contribution in [0.2, 0.25) is 5.02 Å². The second kappa shape index (κ2) is 6.94. The molecule has 0 unspecified atom stereocenters. The van der Waals surface area contributed by atoms with Gasteiger partial charge in [-0.1, -0.05) is 11.6 Å². The van der Waals surface area contributed by atoms with Gasteiger partial charge in [0.15, 0.2) is 0 Å². The fourth-order valence-electron chi connectivity index (χ4n) is 2.45. The van der Waals surface area contributed by atoms with Crippen molar-refractivity contribution in [1.82, 2.24) is 0 Å². The van der Waals surface area contributed by atoms with E-state index in [1.165, 1.54) is 31.4 Å². The number of fused-ring (bicyclic) bond motifs is 1. The van der Waals surface area contributed by atoms with Crippen molar-refractivity contribution in [3.8, 4) is 11.5 Å². The van der Waals surface area contributed by atoms with Gasteiger partial charge in [-0.2, -0.15) is 0 Å². The lowest BCUT2D eigenvalue weighted by Gasteiger charge is -2.18. The molecule has 1 aliphatic rings. The summed E-state index contributed by atoms with van der Waals surface area (Å²) >= 11 is 6.01. The number of ether oxygens (including phenoxy) is 2. The quantitative estimate of drug-likeness (QED) is 0.804. The summed E-state index contributed by atoms with van der Waals surface area (Å²) in [5, 5.41) is 2.97. The van der Waals surface area contributed by atoms with Crippen LogP contribution in [0.25, 0.3) is 0 Å². The molecule has 1 amide bonds. The van der Waals surface area contributed by atoms with Crippen molar-refractivity contribution >= 4 is 38.9 Å². The first-order valence-electron chi connectivity index (χ1n) is 8.07. The Morgan fingerprint density at radius 1 is 1.22 bits per heavy atom. The van der Waals surface area contributed by atoms with Crippen LogP contribution in [-0.4, -0.2) is 28.0 Å². The first-order valence-corrected chi connectivity index (χ1v) is 9.93. The number of anilines is 2. The van der Waals surface area contributed by atoms with Crippen LogP contribution in [-0.2, 0) is 14.8 Å². The maximum atomic E-state index is 12.6. The second-order valence-electron chi connectivity index (χ2n) is 6.74. The van der Waals surface area contributed by atoms with Crippen molar-refractivity contribution in [1.29, 1.82) is 0 Å². The van der Waals surface area contributed by atoms with E-state index in [1.807, 2.05) is 0 Å². The molecular weight excluding hydrogens is 392 g/mol. The standard InChI is InChI=1S/C18H19ClN2O5S/c1-18(2)10-26-16-8-11(4-6-14(16)20-17(18)22)21-27(23,24)12-5-7-15(25-3)13(19)9-12/h4-9,21H,10H2,1-3H3,(H,20,22). The van der Waals surface area contributed by atoms with Crippen LogP contribution in [0.15, 0.2) is 41.3 Å². The number of methoxy groups -OCH3 is 1. The molecule has 3 rings (SSSR count). The second-order valence-corrected chi connectivity index (χ2v) is 8.83. The van der Waals surface area contributed by atoms with Crippen LogP contribution >= 0.6 is 11.6 Å². The summed E-state index contributed by atoms with van der Waals surface area (Å²) in [6.45, 7) is 3.71. The predicted molar refractivity (Wildman–Crippen MR) is 103 cm³/mol. The van der Waals surface area contributed by atoms with Gasteiger partial charge in [-0.3, -0.25) is 9.52 Å². The van der Waals surface area contributed by atoms with Crippen LogP contribution in [0.5, 0.6) is 11.5 Å². The van der Waals surface area contributed by atoms with E-state index in [-0.39, 0.29) is 22.4 Å². The van der Waals surface area contributed by atoms with E-state index in [2.05, 4.69) is 10.0 Å². The molecule has 1 heterocycles. The average Bonchev–Trinajstić information content (AvgIpc) is 2.71. The minimum atomic E-state index is -3.86. The lowest BCUT2D eigenvalue weighted by atomic mass is 9.94. The van der Waals surface area contributed by atoms with Crippen molar-refractivity contribution in [2.24, 2.45) is 5.41 Å². The number of sulfonamides is 1. The highest BCUT2D eigenvalue weighted by Gasteiger charge is 2.32. The average molecular weight is 411 g/mol. The van der Waals surface area contributed by atoms with Crippen LogP contribution in [0.4, 0.5) is 11.4 Å². The van der Waals surface area contributed by atoms with Crippen molar-refractivity contribution in [2.45, 2.75) is 18.7 Å². The Kier molecular flexibility index (Phi) is 4.96. The van der Waals surface area contributed by atoms with Crippen LogP contribution in [0, 0.1) is 5.41 Å². The predicted octanol–water partition coefficient (Wildman–Crippen LogP) is 3.51. The smallest absolute Gasteiger partial charge is 0.261 e. The Labute approximate surface area is 162 Å². The molecule has 0 saturated carbocycles. The van der Waals surface area contributed by atoms with Gasteiger partial charge < -0.3 is 14.8 Å². The van der Waals surface area contributed by atoms with Gasteiger partial charge in [0.05, 0.1) is 33.8 Å². The molecule has 9 heteroatoms. The van der Waals surface area contributed by atoms with Crippen molar-refractivity contribution in [3.05, 3.63) is 41.4 Å². The summed E-state index contributed by atoms with van der Waals surface area (Å²) in [6.07, 6.45) is 0. The molecule has 0 fully saturated rings. The topological polar surface area (TPSA) is 93.7 Å². The number of nitrogens with one attached hydrogen (secondary N) is 2. The van der Waals surface area contributed by atoms with E-state index >= 15 is 0 Å². The minimum absolute atomic E-state index is 0.00130. The third-order valence-corrected chi connectivity index (χ3v) is 5.79. The third-order valence-electron chi connectivity index (χ3n) is 4.12. The summed E-state index contributed by atoms with van der Waals surface area (Å²) in [7, 11) is -2.42. The molecule has 2 aromatic rings. The molecule has 0 atom stereocenters. The van der Waals surface area contributed by atoms with Crippen molar-refractivity contribution in [3.63, 3.8) is 0 Å². The Bertz CT molecular complexity index is 1000. The number of hydrogen-bond donors (Lipinski definition) is 2.